The minimum atomic E-state index is -3.46. The summed E-state index contributed by atoms with van der Waals surface area (Å²) in [7, 11) is -2.18. The van der Waals surface area contributed by atoms with E-state index in [-0.39, 0.29) is 17.7 Å². The van der Waals surface area contributed by atoms with E-state index >= 15 is 0 Å². The molecule has 0 aliphatic heterocycles. The molecular formula is C16H18O4S. The maximum Gasteiger partial charge on any atom is 0.317 e. The fraction of sp³-hybridized carbons (Fsp3) is 0.312. The topological polar surface area (TPSA) is 60.4 Å². The predicted molar refractivity (Wildman–Crippen MR) is 81.3 cm³/mol. The summed E-state index contributed by atoms with van der Waals surface area (Å²) >= 11 is 0. The van der Waals surface area contributed by atoms with Gasteiger partial charge in [-0.1, -0.05) is 30.2 Å². The third-order valence-electron chi connectivity index (χ3n) is 2.86. The molecule has 0 radical (unpaired) electrons. The number of hydrogen-bond acceptors (Lipinski definition) is 4. The number of esters is 1. The summed E-state index contributed by atoms with van der Waals surface area (Å²) in [6.45, 7) is 3.59. The highest BCUT2D eigenvalue weighted by molar-refractivity contribution is 7.92. The van der Waals surface area contributed by atoms with Gasteiger partial charge in [-0.3, -0.25) is 4.79 Å². The van der Waals surface area contributed by atoms with Gasteiger partial charge in [0.2, 0.25) is 0 Å². The maximum absolute atomic E-state index is 12.5. The Kier molecular flexibility index (Phi) is 6.70. The largest absolute Gasteiger partial charge is 0.468 e. The predicted octanol–water partition coefficient (Wildman–Crippen LogP) is 2.36. The van der Waals surface area contributed by atoms with Crippen LogP contribution in [0.3, 0.4) is 0 Å². The average molecular weight is 306 g/mol. The van der Waals surface area contributed by atoms with Crippen molar-refractivity contribution in [2.75, 3.05) is 7.11 Å². The van der Waals surface area contributed by atoms with Crippen molar-refractivity contribution < 1.29 is 17.9 Å². The molecule has 21 heavy (non-hydrogen) atoms. The Morgan fingerprint density at radius 2 is 2.00 bits per heavy atom. The highest BCUT2D eigenvalue weighted by atomic mass is 32.2. The lowest BCUT2D eigenvalue weighted by molar-refractivity contribution is -0.139. The zero-order valence-corrected chi connectivity index (χ0v) is 12.7. The molecule has 0 heterocycles. The molecular weight excluding hydrogens is 288 g/mol. The van der Waals surface area contributed by atoms with Crippen molar-refractivity contribution in [2.24, 2.45) is 0 Å². The normalized spacial score (nSPS) is 11.9. The van der Waals surface area contributed by atoms with E-state index in [1.807, 2.05) is 0 Å². The highest BCUT2D eigenvalue weighted by Gasteiger charge is 2.25. The van der Waals surface area contributed by atoms with Crippen LogP contribution in [0.1, 0.15) is 19.3 Å². The second kappa shape index (κ2) is 8.28. The summed E-state index contributed by atoms with van der Waals surface area (Å²) in [6.07, 6.45) is 1.99. The Labute approximate surface area is 125 Å². The van der Waals surface area contributed by atoms with E-state index in [4.69, 9.17) is 0 Å². The minimum Gasteiger partial charge on any atom is -0.468 e. The van der Waals surface area contributed by atoms with E-state index in [2.05, 4.69) is 23.2 Å². The van der Waals surface area contributed by atoms with E-state index in [0.29, 0.717) is 6.42 Å². The fourth-order valence-corrected chi connectivity index (χ4v) is 3.31. The smallest absolute Gasteiger partial charge is 0.317 e. The van der Waals surface area contributed by atoms with Crippen LogP contribution < -0.4 is 0 Å². The zero-order chi connectivity index (χ0) is 15.7. The molecule has 1 atom stereocenters. The lowest BCUT2D eigenvalue weighted by atomic mass is 10.2. The van der Waals surface area contributed by atoms with Crippen molar-refractivity contribution in [2.45, 2.75) is 29.4 Å². The van der Waals surface area contributed by atoms with E-state index in [1.165, 1.54) is 7.11 Å². The van der Waals surface area contributed by atoms with Crippen LogP contribution in [0.2, 0.25) is 0 Å². The Morgan fingerprint density at radius 3 is 2.57 bits per heavy atom. The fourth-order valence-electron chi connectivity index (χ4n) is 1.70. The van der Waals surface area contributed by atoms with Gasteiger partial charge in [0.1, 0.15) is 6.42 Å². The molecule has 5 heteroatoms. The molecule has 0 fully saturated rings. The quantitative estimate of drug-likeness (QED) is 0.460. The van der Waals surface area contributed by atoms with Gasteiger partial charge in [0, 0.05) is 6.42 Å². The Morgan fingerprint density at radius 1 is 1.33 bits per heavy atom. The van der Waals surface area contributed by atoms with Crippen molar-refractivity contribution in [1.29, 1.82) is 0 Å². The first-order valence-corrected chi connectivity index (χ1v) is 7.99. The third kappa shape index (κ3) is 5.09. The first-order valence-electron chi connectivity index (χ1n) is 6.44. The van der Waals surface area contributed by atoms with Gasteiger partial charge in [0.05, 0.1) is 17.3 Å². The summed E-state index contributed by atoms with van der Waals surface area (Å²) in [4.78, 5) is 11.2. The van der Waals surface area contributed by atoms with E-state index in [1.54, 1.807) is 36.4 Å². The van der Waals surface area contributed by atoms with Gasteiger partial charge in [-0.2, -0.15) is 0 Å². The first-order chi connectivity index (χ1) is 10.0. The average Bonchev–Trinajstić information content (AvgIpc) is 2.50. The zero-order valence-electron chi connectivity index (χ0n) is 11.9. The number of benzene rings is 1. The van der Waals surface area contributed by atoms with Crippen LogP contribution in [0, 0.1) is 11.8 Å². The molecule has 0 aromatic heterocycles. The molecule has 0 aliphatic carbocycles. The van der Waals surface area contributed by atoms with Crippen molar-refractivity contribution >= 4 is 15.8 Å². The van der Waals surface area contributed by atoms with Crippen molar-refractivity contribution in [1.82, 2.24) is 0 Å². The number of ether oxygens (including phenoxy) is 1. The van der Waals surface area contributed by atoms with E-state index < -0.39 is 21.1 Å². The van der Waals surface area contributed by atoms with Gasteiger partial charge in [-0.05, 0) is 18.6 Å². The lowest BCUT2D eigenvalue weighted by Crippen LogP contribution is -2.20. The summed E-state index contributed by atoms with van der Waals surface area (Å²) in [5.74, 6) is 4.92. The molecule has 1 unspecified atom stereocenters. The van der Waals surface area contributed by atoms with Gasteiger partial charge < -0.3 is 4.74 Å². The molecule has 1 aromatic carbocycles. The van der Waals surface area contributed by atoms with Crippen LogP contribution in [0.15, 0.2) is 47.9 Å². The Balaban J connectivity index is 2.86. The van der Waals surface area contributed by atoms with Crippen LogP contribution in [0.5, 0.6) is 0 Å². The summed E-state index contributed by atoms with van der Waals surface area (Å²) < 4.78 is 29.5. The number of carbonyl (C=O) groups excluding carboxylic acids is 1. The SMILES string of the molecule is C=CCC(CC#CCC(=O)OC)S(=O)(=O)c1ccccc1. The minimum absolute atomic E-state index is 0.0390. The number of allylic oxidation sites excluding steroid dienone is 1. The molecule has 0 saturated carbocycles. The van der Waals surface area contributed by atoms with Gasteiger partial charge >= 0.3 is 5.97 Å². The molecule has 112 valence electrons. The van der Waals surface area contributed by atoms with Crippen molar-refractivity contribution in [3.63, 3.8) is 0 Å². The Hall–Kier alpha value is -2.06. The summed E-state index contributed by atoms with van der Waals surface area (Å²) in [5, 5.41) is -0.664. The molecule has 1 rings (SSSR count). The third-order valence-corrected chi connectivity index (χ3v) is 5.02. The number of methoxy groups -OCH3 is 1. The van der Waals surface area contributed by atoms with Crippen LogP contribution in [-0.4, -0.2) is 26.7 Å². The summed E-state index contributed by atoms with van der Waals surface area (Å²) in [6, 6.07) is 8.25. The highest BCUT2D eigenvalue weighted by Crippen LogP contribution is 2.20. The maximum atomic E-state index is 12.5. The standard InChI is InChI=1S/C16H18O4S/c1-3-9-14(12-7-8-13-16(17)20-2)21(18,19)15-10-5-4-6-11-15/h3-6,10-11,14H,1,9,12-13H2,2H3. The van der Waals surface area contributed by atoms with Crippen LogP contribution in [0.25, 0.3) is 0 Å². The molecule has 0 N–H and O–H groups in total. The second-order valence-corrected chi connectivity index (χ2v) is 6.54. The molecule has 0 bridgehead atoms. The number of hydrogen-bond donors (Lipinski definition) is 0. The molecule has 0 spiro atoms. The van der Waals surface area contributed by atoms with Gasteiger partial charge in [-0.15, -0.1) is 12.5 Å². The second-order valence-electron chi connectivity index (χ2n) is 4.32. The summed E-state index contributed by atoms with van der Waals surface area (Å²) in [5.41, 5.74) is 0. The monoisotopic (exact) mass is 306 g/mol. The number of rotatable bonds is 6. The Bertz CT molecular complexity index is 636. The molecule has 4 nitrogen and oxygen atoms in total. The number of carbonyl (C=O) groups is 1. The van der Waals surface area contributed by atoms with E-state index in [9.17, 15) is 13.2 Å². The van der Waals surface area contributed by atoms with E-state index in [0.717, 1.165) is 0 Å². The first kappa shape index (κ1) is 17.0. The number of sulfone groups is 1. The lowest BCUT2D eigenvalue weighted by Gasteiger charge is -2.13. The molecule has 1 aromatic rings. The van der Waals surface area contributed by atoms with Gasteiger partial charge in [-0.25, -0.2) is 8.42 Å². The molecule has 0 amide bonds. The van der Waals surface area contributed by atoms with Crippen molar-refractivity contribution in [3.05, 3.63) is 43.0 Å². The van der Waals surface area contributed by atoms with Crippen LogP contribution in [0.4, 0.5) is 0 Å². The van der Waals surface area contributed by atoms with Gasteiger partial charge in [0.25, 0.3) is 0 Å². The van der Waals surface area contributed by atoms with Crippen molar-refractivity contribution in [3.8, 4) is 11.8 Å². The molecule has 0 saturated heterocycles. The van der Waals surface area contributed by atoms with Crippen LogP contribution in [-0.2, 0) is 19.4 Å². The van der Waals surface area contributed by atoms with Crippen LogP contribution >= 0.6 is 0 Å². The van der Waals surface area contributed by atoms with Gasteiger partial charge in [0.15, 0.2) is 9.84 Å². The molecule has 0 aliphatic rings.